The number of carboxylic acid groups (broad SMARTS) is 1. The summed E-state index contributed by atoms with van der Waals surface area (Å²) in [6, 6.07) is 5.76. The minimum atomic E-state index is -0.850. The van der Waals surface area contributed by atoms with Crippen LogP contribution in [0.25, 0.3) is 0 Å². The SMILES string of the molecule is CC(C)C(NC(=O)c1ccc(Cl)cc1)C(=O)NCCCCC(=O)O. The van der Waals surface area contributed by atoms with Gasteiger partial charge in [0, 0.05) is 23.6 Å². The van der Waals surface area contributed by atoms with Crippen LogP contribution in [-0.4, -0.2) is 35.5 Å². The maximum Gasteiger partial charge on any atom is 0.303 e. The first kappa shape index (κ1) is 20.0. The lowest BCUT2D eigenvalue weighted by atomic mass is 10.0. The molecule has 7 heteroatoms. The third-order valence-electron chi connectivity index (χ3n) is 3.46. The molecular formula is C17H23ClN2O4. The molecule has 2 amide bonds. The molecule has 1 aromatic rings. The molecule has 0 spiro atoms. The van der Waals surface area contributed by atoms with Crippen molar-refractivity contribution in [3.8, 4) is 0 Å². The topological polar surface area (TPSA) is 95.5 Å². The van der Waals surface area contributed by atoms with Crippen LogP contribution in [0.2, 0.25) is 5.02 Å². The minimum Gasteiger partial charge on any atom is -0.481 e. The van der Waals surface area contributed by atoms with Crippen LogP contribution in [0.4, 0.5) is 0 Å². The third-order valence-corrected chi connectivity index (χ3v) is 3.71. The van der Waals surface area contributed by atoms with Crippen LogP contribution in [0.3, 0.4) is 0 Å². The van der Waals surface area contributed by atoms with Crippen LogP contribution in [-0.2, 0) is 9.59 Å². The van der Waals surface area contributed by atoms with E-state index >= 15 is 0 Å². The van der Waals surface area contributed by atoms with Crippen molar-refractivity contribution in [2.75, 3.05) is 6.54 Å². The number of halogens is 1. The first-order chi connectivity index (χ1) is 11.3. The second kappa shape index (κ2) is 9.93. The molecule has 0 aliphatic rings. The molecule has 0 aromatic heterocycles. The van der Waals surface area contributed by atoms with Gasteiger partial charge in [0.25, 0.3) is 5.91 Å². The molecule has 0 saturated carbocycles. The Bertz CT molecular complexity index is 572. The molecule has 1 atom stereocenters. The molecule has 0 aliphatic carbocycles. The average Bonchev–Trinajstić information content (AvgIpc) is 2.51. The number of benzene rings is 1. The molecule has 6 nitrogen and oxygen atoms in total. The highest BCUT2D eigenvalue weighted by molar-refractivity contribution is 6.30. The summed E-state index contributed by atoms with van der Waals surface area (Å²) in [5, 5.41) is 14.6. The number of aliphatic carboxylic acids is 1. The Morgan fingerprint density at radius 3 is 2.29 bits per heavy atom. The van der Waals surface area contributed by atoms with E-state index in [1.807, 2.05) is 13.8 Å². The van der Waals surface area contributed by atoms with E-state index in [0.29, 0.717) is 30.0 Å². The minimum absolute atomic E-state index is 0.0801. The van der Waals surface area contributed by atoms with E-state index in [1.165, 1.54) is 0 Å². The van der Waals surface area contributed by atoms with Crippen molar-refractivity contribution in [1.82, 2.24) is 10.6 Å². The second-order valence-corrected chi connectivity index (χ2v) is 6.28. The van der Waals surface area contributed by atoms with E-state index in [9.17, 15) is 14.4 Å². The van der Waals surface area contributed by atoms with E-state index in [2.05, 4.69) is 10.6 Å². The number of hydrogen-bond donors (Lipinski definition) is 3. The van der Waals surface area contributed by atoms with E-state index in [4.69, 9.17) is 16.7 Å². The number of carbonyl (C=O) groups is 3. The van der Waals surface area contributed by atoms with Crippen molar-refractivity contribution in [2.24, 2.45) is 5.92 Å². The zero-order valence-electron chi connectivity index (χ0n) is 13.8. The Morgan fingerprint density at radius 1 is 1.12 bits per heavy atom. The van der Waals surface area contributed by atoms with Crippen molar-refractivity contribution < 1.29 is 19.5 Å². The van der Waals surface area contributed by atoms with E-state index in [0.717, 1.165) is 0 Å². The monoisotopic (exact) mass is 354 g/mol. The summed E-state index contributed by atoms with van der Waals surface area (Å²) in [7, 11) is 0. The van der Waals surface area contributed by atoms with Crippen LogP contribution >= 0.6 is 11.6 Å². The first-order valence-electron chi connectivity index (χ1n) is 7.87. The fraction of sp³-hybridized carbons (Fsp3) is 0.471. The predicted molar refractivity (Wildman–Crippen MR) is 92.0 cm³/mol. The largest absolute Gasteiger partial charge is 0.481 e. The highest BCUT2D eigenvalue weighted by atomic mass is 35.5. The van der Waals surface area contributed by atoms with Gasteiger partial charge in [-0.1, -0.05) is 25.4 Å². The number of amides is 2. The van der Waals surface area contributed by atoms with Crippen molar-refractivity contribution >= 4 is 29.4 Å². The van der Waals surface area contributed by atoms with Gasteiger partial charge in [-0.3, -0.25) is 14.4 Å². The van der Waals surface area contributed by atoms with E-state index < -0.39 is 12.0 Å². The van der Waals surface area contributed by atoms with Crippen molar-refractivity contribution in [2.45, 2.75) is 39.2 Å². The van der Waals surface area contributed by atoms with Crippen LogP contribution in [0.15, 0.2) is 24.3 Å². The van der Waals surface area contributed by atoms with E-state index in [-0.39, 0.29) is 24.2 Å². The van der Waals surface area contributed by atoms with Gasteiger partial charge in [0.2, 0.25) is 5.91 Å². The standard InChI is InChI=1S/C17H23ClN2O4/c1-11(2)15(17(24)19-10-4-3-5-14(21)22)20-16(23)12-6-8-13(18)9-7-12/h6-9,11,15H,3-5,10H2,1-2H3,(H,19,24)(H,20,23)(H,21,22). The molecule has 0 heterocycles. The molecule has 0 radical (unpaired) electrons. The van der Waals surface area contributed by atoms with Gasteiger partial charge in [-0.25, -0.2) is 0 Å². The fourth-order valence-electron chi connectivity index (χ4n) is 2.08. The molecule has 0 aliphatic heterocycles. The van der Waals surface area contributed by atoms with Crippen molar-refractivity contribution in [3.63, 3.8) is 0 Å². The summed E-state index contributed by atoms with van der Waals surface area (Å²) in [5.74, 6) is -1.55. The number of unbranched alkanes of at least 4 members (excludes halogenated alkanes) is 1. The predicted octanol–water partition coefficient (Wildman–Crippen LogP) is 2.47. The van der Waals surface area contributed by atoms with Crippen molar-refractivity contribution in [1.29, 1.82) is 0 Å². The van der Waals surface area contributed by atoms with Crippen LogP contribution < -0.4 is 10.6 Å². The summed E-state index contributed by atoms with van der Waals surface area (Å²) in [6.07, 6.45) is 1.16. The Kier molecular flexibility index (Phi) is 8.26. The van der Waals surface area contributed by atoms with Gasteiger partial charge < -0.3 is 15.7 Å². The van der Waals surface area contributed by atoms with Gasteiger partial charge in [-0.05, 0) is 43.0 Å². The number of carbonyl (C=O) groups excluding carboxylic acids is 2. The lowest BCUT2D eigenvalue weighted by molar-refractivity contribution is -0.137. The number of carboxylic acids is 1. The summed E-state index contributed by atoms with van der Waals surface area (Å²) in [4.78, 5) is 34.9. The number of nitrogens with one attached hydrogen (secondary N) is 2. The molecule has 132 valence electrons. The zero-order valence-corrected chi connectivity index (χ0v) is 14.6. The van der Waals surface area contributed by atoms with Crippen LogP contribution in [0.5, 0.6) is 0 Å². The van der Waals surface area contributed by atoms with Gasteiger partial charge in [-0.15, -0.1) is 0 Å². The zero-order chi connectivity index (χ0) is 18.1. The summed E-state index contributed by atoms with van der Waals surface area (Å²) < 4.78 is 0. The first-order valence-corrected chi connectivity index (χ1v) is 8.25. The Morgan fingerprint density at radius 2 is 1.75 bits per heavy atom. The van der Waals surface area contributed by atoms with Crippen LogP contribution in [0.1, 0.15) is 43.5 Å². The third kappa shape index (κ3) is 7.00. The van der Waals surface area contributed by atoms with E-state index in [1.54, 1.807) is 24.3 Å². The second-order valence-electron chi connectivity index (χ2n) is 5.84. The molecule has 0 bridgehead atoms. The van der Waals surface area contributed by atoms with Crippen molar-refractivity contribution in [3.05, 3.63) is 34.9 Å². The highest BCUT2D eigenvalue weighted by Crippen LogP contribution is 2.10. The molecule has 0 fully saturated rings. The number of rotatable bonds is 9. The molecule has 3 N–H and O–H groups in total. The quantitative estimate of drug-likeness (QED) is 0.593. The Balaban J connectivity index is 2.53. The molecule has 1 unspecified atom stereocenters. The fourth-order valence-corrected chi connectivity index (χ4v) is 2.21. The van der Waals surface area contributed by atoms with Gasteiger partial charge in [0.15, 0.2) is 0 Å². The normalized spacial score (nSPS) is 11.8. The molecule has 1 aromatic carbocycles. The maximum absolute atomic E-state index is 12.2. The van der Waals surface area contributed by atoms with Gasteiger partial charge >= 0.3 is 5.97 Å². The summed E-state index contributed by atoms with van der Waals surface area (Å²) in [5.41, 5.74) is 0.430. The smallest absolute Gasteiger partial charge is 0.303 e. The average molecular weight is 355 g/mol. The Hall–Kier alpha value is -2.08. The lowest BCUT2D eigenvalue weighted by Gasteiger charge is -2.21. The molecule has 1 rings (SSSR count). The Labute approximate surface area is 146 Å². The van der Waals surface area contributed by atoms with Gasteiger partial charge in [-0.2, -0.15) is 0 Å². The lowest BCUT2D eigenvalue weighted by Crippen LogP contribution is -2.49. The number of hydrogen-bond acceptors (Lipinski definition) is 3. The molecule has 0 saturated heterocycles. The summed E-state index contributed by atoms with van der Waals surface area (Å²) in [6.45, 7) is 4.07. The van der Waals surface area contributed by atoms with Crippen LogP contribution in [0, 0.1) is 5.92 Å². The maximum atomic E-state index is 12.2. The van der Waals surface area contributed by atoms with Gasteiger partial charge in [0.05, 0.1) is 0 Å². The highest BCUT2D eigenvalue weighted by Gasteiger charge is 2.24. The van der Waals surface area contributed by atoms with Gasteiger partial charge in [0.1, 0.15) is 6.04 Å². The molecular weight excluding hydrogens is 332 g/mol. The molecule has 24 heavy (non-hydrogen) atoms. The summed E-state index contributed by atoms with van der Waals surface area (Å²) >= 11 is 5.79.